The summed E-state index contributed by atoms with van der Waals surface area (Å²) < 4.78 is 0. The van der Waals surface area contributed by atoms with Crippen molar-refractivity contribution in [2.24, 2.45) is 0 Å². The summed E-state index contributed by atoms with van der Waals surface area (Å²) in [6, 6.07) is 19.4. The van der Waals surface area contributed by atoms with E-state index in [1.807, 2.05) is 67.6 Å². The van der Waals surface area contributed by atoms with Crippen molar-refractivity contribution in [3.05, 3.63) is 65.5 Å². The molecule has 0 saturated heterocycles. The zero-order valence-corrected chi connectivity index (χ0v) is 13.5. The lowest BCUT2D eigenvalue weighted by Crippen LogP contribution is -2.24. The predicted octanol–water partition coefficient (Wildman–Crippen LogP) is 4.34. The fourth-order valence-electron chi connectivity index (χ4n) is 2.37. The third-order valence-electron chi connectivity index (χ3n) is 3.42. The second-order valence-corrected chi connectivity index (χ2v) is 6.26. The zero-order valence-electron chi connectivity index (χ0n) is 12.6. The average molecular weight is 324 g/mol. The normalized spacial score (nSPS) is 10.5. The third-order valence-corrected chi connectivity index (χ3v) is 4.42. The molecule has 1 heterocycles. The Balaban J connectivity index is 2.02. The van der Waals surface area contributed by atoms with Crippen LogP contribution in [-0.4, -0.2) is 22.6 Å². The fourth-order valence-corrected chi connectivity index (χ4v) is 3.33. The van der Waals surface area contributed by atoms with Crippen molar-refractivity contribution in [2.45, 2.75) is 6.92 Å². The van der Waals surface area contributed by atoms with Crippen LogP contribution in [0.15, 0.2) is 60.7 Å². The minimum atomic E-state index is -0.886. The Hall–Kier alpha value is -2.66. The van der Waals surface area contributed by atoms with E-state index in [0.29, 0.717) is 5.13 Å². The number of thiazole rings is 1. The Morgan fingerprint density at radius 3 is 2.30 bits per heavy atom. The molecule has 3 rings (SSSR count). The van der Waals surface area contributed by atoms with Crippen LogP contribution in [0.3, 0.4) is 0 Å². The van der Waals surface area contributed by atoms with Crippen molar-refractivity contribution in [1.29, 1.82) is 0 Å². The van der Waals surface area contributed by atoms with Crippen LogP contribution in [0.5, 0.6) is 0 Å². The number of aromatic nitrogens is 1. The monoisotopic (exact) mass is 324 g/mol. The number of aliphatic carboxylic acids is 1. The molecule has 0 aliphatic heterocycles. The van der Waals surface area contributed by atoms with Crippen LogP contribution in [0.25, 0.3) is 11.3 Å². The van der Waals surface area contributed by atoms with Gasteiger partial charge in [-0.05, 0) is 19.1 Å². The Morgan fingerprint density at radius 2 is 1.70 bits per heavy atom. The van der Waals surface area contributed by atoms with Gasteiger partial charge in [0.05, 0.1) is 5.69 Å². The molecule has 4 nitrogen and oxygen atoms in total. The molecule has 3 aromatic rings. The van der Waals surface area contributed by atoms with Crippen molar-refractivity contribution in [3.63, 3.8) is 0 Å². The first-order chi connectivity index (χ1) is 11.1. The summed E-state index contributed by atoms with van der Waals surface area (Å²) in [4.78, 5) is 18.7. The number of para-hydroxylation sites is 1. The van der Waals surface area contributed by atoms with E-state index in [4.69, 9.17) is 4.98 Å². The molecule has 0 radical (unpaired) electrons. The highest BCUT2D eigenvalue weighted by atomic mass is 32.1. The molecular formula is C18H16N2O2S. The molecule has 0 saturated carbocycles. The van der Waals surface area contributed by atoms with Crippen LogP contribution in [0.4, 0.5) is 10.8 Å². The molecule has 2 aromatic carbocycles. The maximum absolute atomic E-state index is 11.3. The lowest BCUT2D eigenvalue weighted by Gasteiger charge is -2.19. The van der Waals surface area contributed by atoms with Crippen LogP contribution in [0.2, 0.25) is 0 Å². The fraction of sp³-hybridized carbons (Fsp3) is 0.111. The summed E-state index contributed by atoms with van der Waals surface area (Å²) in [7, 11) is 0. The van der Waals surface area contributed by atoms with E-state index in [1.165, 1.54) is 11.3 Å². The summed E-state index contributed by atoms with van der Waals surface area (Å²) >= 11 is 1.51. The van der Waals surface area contributed by atoms with Gasteiger partial charge in [-0.1, -0.05) is 48.5 Å². The number of rotatable bonds is 5. The van der Waals surface area contributed by atoms with E-state index in [1.54, 1.807) is 4.90 Å². The molecule has 1 N–H and O–H groups in total. The minimum Gasteiger partial charge on any atom is -0.480 e. The molecule has 0 aliphatic rings. The molecule has 1 aromatic heterocycles. The third kappa shape index (κ3) is 3.40. The maximum atomic E-state index is 11.3. The first-order valence-electron chi connectivity index (χ1n) is 7.22. The molecule has 0 unspecified atom stereocenters. The molecule has 5 heteroatoms. The Labute approximate surface area is 138 Å². The second kappa shape index (κ2) is 6.62. The molecule has 0 spiro atoms. The van der Waals surface area contributed by atoms with E-state index in [2.05, 4.69) is 0 Å². The second-order valence-electron chi connectivity index (χ2n) is 5.08. The zero-order chi connectivity index (χ0) is 16.2. The quantitative estimate of drug-likeness (QED) is 0.758. The Morgan fingerprint density at radius 1 is 1.09 bits per heavy atom. The van der Waals surface area contributed by atoms with Gasteiger partial charge in [0, 0.05) is 16.1 Å². The SMILES string of the molecule is Cc1sc(N(CC(=O)O)c2ccccc2)nc1-c1ccccc1. The standard InChI is InChI=1S/C18H16N2O2S/c1-13-17(14-8-4-2-5-9-14)19-18(23-13)20(12-16(21)22)15-10-6-3-7-11-15/h2-11H,12H2,1H3,(H,21,22). The number of carbonyl (C=O) groups is 1. The largest absolute Gasteiger partial charge is 0.480 e. The number of carboxylic acid groups (broad SMARTS) is 1. The van der Waals surface area contributed by atoms with Crippen LogP contribution in [0, 0.1) is 6.92 Å². The van der Waals surface area contributed by atoms with Crippen molar-refractivity contribution >= 4 is 28.1 Å². The molecule has 0 bridgehead atoms. The minimum absolute atomic E-state index is 0.120. The van der Waals surface area contributed by atoms with Gasteiger partial charge in [-0.15, -0.1) is 11.3 Å². The van der Waals surface area contributed by atoms with Gasteiger partial charge in [-0.25, -0.2) is 4.98 Å². The van der Waals surface area contributed by atoms with Gasteiger partial charge in [-0.3, -0.25) is 4.79 Å². The number of carboxylic acids is 1. The van der Waals surface area contributed by atoms with Crippen molar-refractivity contribution in [3.8, 4) is 11.3 Å². The van der Waals surface area contributed by atoms with Crippen LogP contribution >= 0.6 is 11.3 Å². The van der Waals surface area contributed by atoms with Gasteiger partial charge >= 0.3 is 5.97 Å². The Bertz CT molecular complexity index is 800. The Kier molecular flexibility index (Phi) is 4.39. The highest BCUT2D eigenvalue weighted by Gasteiger charge is 2.19. The maximum Gasteiger partial charge on any atom is 0.323 e. The number of anilines is 2. The molecule has 0 atom stereocenters. The number of aryl methyl sites for hydroxylation is 1. The van der Waals surface area contributed by atoms with E-state index >= 15 is 0 Å². The smallest absolute Gasteiger partial charge is 0.323 e. The van der Waals surface area contributed by atoms with E-state index in [9.17, 15) is 9.90 Å². The number of hydrogen-bond acceptors (Lipinski definition) is 4. The van der Waals surface area contributed by atoms with Gasteiger partial charge in [0.15, 0.2) is 5.13 Å². The predicted molar refractivity (Wildman–Crippen MR) is 93.4 cm³/mol. The molecular weight excluding hydrogens is 308 g/mol. The average Bonchev–Trinajstić information content (AvgIpc) is 2.96. The molecule has 0 aliphatic carbocycles. The van der Waals surface area contributed by atoms with Gasteiger partial charge in [0.1, 0.15) is 6.54 Å². The molecule has 23 heavy (non-hydrogen) atoms. The number of benzene rings is 2. The highest BCUT2D eigenvalue weighted by molar-refractivity contribution is 7.16. The summed E-state index contributed by atoms with van der Waals surface area (Å²) in [6.07, 6.45) is 0. The first-order valence-corrected chi connectivity index (χ1v) is 8.04. The van der Waals surface area contributed by atoms with Crippen molar-refractivity contribution in [2.75, 3.05) is 11.4 Å². The van der Waals surface area contributed by atoms with Gasteiger partial charge in [0.2, 0.25) is 0 Å². The number of hydrogen-bond donors (Lipinski definition) is 1. The topological polar surface area (TPSA) is 53.4 Å². The van der Waals surface area contributed by atoms with Crippen LogP contribution in [-0.2, 0) is 4.79 Å². The van der Waals surface area contributed by atoms with Gasteiger partial charge < -0.3 is 10.0 Å². The van der Waals surface area contributed by atoms with Gasteiger partial charge in [0.25, 0.3) is 0 Å². The molecule has 116 valence electrons. The van der Waals surface area contributed by atoms with E-state index in [0.717, 1.165) is 21.8 Å². The highest BCUT2D eigenvalue weighted by Crippen LogP contribution is 2.35. The lowest BCUT2D eigenvalue weighted by molar-refractivity contribution is -0.135. The summed E-state index contributed by atoms with van der Waals surface area (Å²) in [5.74, 6) is -0.886. The number of nitrogens with zero attached hydrogens (tertiary/aromatic N) is 2. The summed E-state index contributed by atoms with van der Waals surface area (Å²) in [5.41, 5.74) is 2.76. The summed E-state index contributed by atoms with van der Waals surface area (Å²) in [5, 5.41) is 9.92. The summed E-state index contributed by atoms with van der Waals surface area (Å²) in [6.45, 7) is 1.89. The molecule has 0 fully saturated rings. The van der Waals surface area contributed by atoms with Gasteiger partial charge in [-0.2, -0.15) is 0 Å². The molecule has 0 amide bonds. The van der Waals surface area contributed by atoms with Crippen LogP contribution < -0.4 is 4.90 Å². The van der Waals surface area contributed by atoms with Crippen molar-refractivity contribution in [1.82, 2.24) is 4.98 Å². The van der Waals surface area contributed by atoms with E-state index in [-0.39, 0.29) is 6.54 Å². The van der Waals surface area contributed by atoms with Crippen LogP contribution in [0.1, 0.15) is 4.88 Å². The van der Waals surface area contributed by atoms with E-state index < -0.39 is 5.97 Å². The lowest BCUT2D eigenvalue weighted by atomic mass is 10.1. The van der Waals surface area contributed by atoms with Crippen molar-refractivity contribution < 1.29 is 9.90 Å². The first kappa shape index (κ1) is 15.2.